The molecule has 0 aliphatic heterocycles. The van der Waals surface area contributed by atoms with Crippen LogP contribution in [0.25, 0.3) is 6.08 Å². The van der Waals surface area contributed by atoms with Crippen molar-refractivity contribution in [3.05, 3.63) is 117 Å². The van der Waals surface area contributed by atoms with Gasteiger partial charge < -0.3 is 19.7 Å². The number of esters is 1. The highest BCUT2D eigenvalue weighted by atomic mass is 35.5. The highest BCUT2D eigenvalue weighted by molar-refractivity contribution is 7.12. The van der Waals surface area contributed by atoms with Gasteiger partial charge in [-0.15, -0.1) is 11.3 Å². The number of hydrogen-bond acceptors (Lipinski definition) is 8. The molecule has 44 heavy (non-hydrogen) atoms. The number of thiophene rings is 1. The lowest BCUT2D eigenvalue weighted by molar-refractivity contribution is -0.117. The first-order valence-electron chi connectivity index (χ1n) is 13.7. The smallest absolute Gasteiger partial charge is 0.353 e. The number of amides is 2. The van der Waals surface area contributed by atoms with E-state index in [1.807, 2.05) is 24.3 Å². The number of rotatable bonds is 12. The number of hydrazone groups is 1. The lowest BCUT2D eigenvalue weighted by atomic mass is 10.1. The van der Waals surface area contributed by atoms with Gasteiger partial charge in [-0.25, -0.2) is 10.2 Å². The Morgan fingerprint density at radius 2 is 1.66 bits per heavy atom. The van der Waals surface area contributed by atoms with Crippen LogP contribution in [0.5, 0.6) is 11.5 Å². The molecule has 0 unspecified atom stereocenters. The van der Waals surface area contributed by atoms with Gasteiger partial charge in [0.2, 0.25) is 0 Å². The molecule has 226 valence electrons. The van der Waals surface area contributed by atoms with Crippen LogP contribution < -0.4 is 25.1 Å². The lowest BCUT2D eigenvalue weighted by Crippen LogP contribution is -2.33. The second-order valence-electron chi connectivity index (χ2n) is 9.23. The number of ether oxygens (including phenoxy) is 2. The van der Waals surface area contributed by atoms with Gasteiger partial charge in [-0.3, -0.25) is 9.59 Å². The third kappa shape index (κ3) is 8.33. The molecule has 0 spiro atoms. The number of nitrogens with one attached hydrogen (secondary N) is 2. The fourth-order valence-corrected chi connectivity index (χ4v) is 4.97. The molecular weight excluding hydrogens is 600 g/mol. The molecule has 0 aliphatic rings. The minimum atomic E-state index is -0.650. The molecule has 0 radical (unpaired) electrons. The van der Waals surface area contributed by atoms with Crippen molar-refractivity contribution >= 4 is 58.7 Å². The van der Waals surface area contributed by atoms with Crippen molar-refractivity contribution in [2.24, 2.45) is 5.10 Å². The van der Waals surface area contributed by atoms with Crippen molar-refractivity contribution in [3.63, 3.8) is 0 Å². The first-order valence-corrected chi connectivity index (χ1v) is 15.0. The van der Waals surface area contributed by atoms with E-state index in [0.717, 1.165) is 18.8 Å². The van der Waals surface area contributed by atoms with Gasteiger partial charge in [0.15, 0.2) is 11.5 Å². The van der Waals surface area contributed by atoms with E-state index in [1.54, 1.807) is 66.1 Å². The maximum atomic E-state index is 13.2. The van der Waals surface area contributed by atoms with Gasteiger partial charge in [-0.2, -0.15) is 5.10 Å². The van der Waals surface area contributed by atoms with Gasteiger partial charge in [0.25, 0.3) is 11.8 Å². The Labute approximate surface area is 264 Å². The minimum Gasteiger partial charge on any atom is -0.493 e. The van der Waals surface area contributed by atoms with Crippen LogP contribution in [0.4, 0.5) is 5.69 Å². The van der Waals surface area contributed by atoms with E-state index in [1.165, 1.54) is 24.7 Å². The van der Waals surface area contributed by atoms with Crippen molar-refractivity contribution < 1.29 is 23.9 Å². The molecule has 9 nitrogen and oxygen atoms in total. The van der Waals surface area contributed by atoms with Crippen molar-refractivity contribution in [1.29, 1.82) is 0 Å². The van der Waals surface area contributed by atoms with Crippen LogP contribution >= 0.6 is 22.9 Å². The largest absolute Gasteiger partial charge is 0.493 e. The van der Waals surface area contributed by atoms with E-state index in [-0.39, 0.29) is 22.0 Å². The highest BCUT2D eigenvalue weighted by Crippen LogP contribution is 2.29. The summed E-state index contributed by atoms with van der Waals surface area (Å²) >= 11 is 7.49. The standard InChI is InChI=1S/C33H31ClN4O5S/c1-4-38(5-2)24-15-12-22(13-16-24)19-27(36-31(39)25-9-6-7-10-26(25)34)32(40)37-35-21-23-14-17-28(29(20-23)42-3)43-33(41)30-11-8-18-44-30/h6-21H,4-5H2,1-3H3,(H,36,39)(H,37,40). The maximum absolute atomic E-state index is 13.2. The molecule has 0 bridgehead atoms. The minimum absolute atomic E-state index is 0.0314. The van der Waals surface area contributed by atoms with E-state index >= 15 is 0 Å². The molecule has 2 N–H and O–H groups in total. The van der Waals surface area contributed by atoms with Gasteiger partial charge in [0.1, 0.15) is 10.6 Å². The first kappa shape index (κ1) is 32.0. The second-order valence-corrected chi connectivity index (χ2v) is 10.6. The van der Waals surface area contributed by atoms with Gasteiger partial charge in [-0.05, 0) is 85.0 Å². The molecule has 1 heterocycles. The third-order valence-electron chi connectivity index (χ3n) is 6.44. The van der Waals surface area contributed by atoms with Gasteiger partial charge in [-0.1, -0.05) is 41.9 Å². The first-order chi connectivity index (χ1) is 21.3. The number of methoxy groups -OCH3 is 1. The summed E-state index contributed by atoms with van der Waals surface area (Å²) in [6.45, 7) is 5.88. The number of carbonyl (C=O) groups excluding carboxylic acids is 3. The van der Waals surface area contributed by atoms with Crippen molar-refractivity contribution in [2.75, 3.05) is 25.1 Å². The molecule has 11 heteroatoms. The number of carbonyl (C=O) groups is 3. The van der Waals surface area contributed by atoms with Crippen LogP contribution in [0.1, 0.15) is 45.0 Å². The summed E-state index contributed by atoms with van der Waals surface area (Å²) in [5, 5.41) is 8.76. The Kier molecular flexibility index (Phi) is 11.3. The van der Waals surface area contributed by atoms with Crippen molar-refractivity contribution in [2.45, 2.75) is 13.8 Å². The molecule has 3 aromatic carbocycles. The summed E-state index contributed by atoms with van der Waals surface area (Å²) < 4.78 is 10.8. The Morgan fingerprint density at radius 1 is 0.932 bits per heavy atom. The predicted octanol–water partition coefficient (Wildman–Crippen LogP) is 6.40. The van der Waals surface area contributed by atoms with Gasteiger partial charge in [0, 0.05) is 18.8 Å². The number of halogens is 1. The molecule has 0 atom stereocenters. The molecule has 4 rings (SSSR count). The fourth-order valence-electron chi connectivity index (χ4n) is 4.15. The maximum Gasteiger partial charge on any atom is 0.353 e. The van der Waals surface area contributed by atoms with Crippen LogP contribution in [-0.4, -0.2) is 44.2 Å². The van der Waals surface area contributed by atoms with Crippen LogP contribution in [0.3, 0.4) is 0 Å². The van der Waals surface area contributed by atoms with Crippen molar-refractivity contribution in [3.8, 4) is 11.5 Å². The Morgan fingerprint density at radius 3 is 2.32 bits per heavy atom. The molecular formula is C33H31ClN4O5S. The molecule has 1 aromatic heterocycles. The average Bonchev–Trinajstić information content (AvgIpc) is 3.58. The van der Waals surface area contributed by atoms with Crippen LogP contribution in [-0.2, 0) is 4.79 Å². The zero-order valence-corrected chi connectivity index (χ0v) is 25.9. The Bertz CT molecular complexity index is 1670. The second kappa shape index (κ2) is 15.5. The van der Waals surface area contributed by atoms with Crippen LogP contribution in [0.15, 0.2) is 95.0 Å². The van der Waals surface area contributed by atoms with Crippen LogP contribution in [0.2, 0.25) is 5.02 Å². The lowest BCUT2D eigenvalue weighted by Gasteiger charge is -2.21. The zero-order valence-electron chi connectivity index (χ0n) is 24.4. The summed E-state index contributed by atoms with van der Waals surface area (Å²) in [4.78, 5) is 41.3. The van der Waals surface area contributed by atoms with E-state index < -0.39 is 17.8 Å². The Hall–Kier alpha value is -4.93. The summed E-state index contributed by atoms with van der Waals surface area (Å²) in [5.41, 5.74) is 4.96. The average molecular weight is 631 g/mol. The molecule has 0 saturated heterocycles. The molecule has 4 aromatic rings. The highest BCUT2D eigenvalue weighted by Gasteiger charge is 2.17. The predicted molar refractivity (Wildman–Crippen MR) is 175 cm³/mol. The number of hydrogen-bond donors (Lipinski definition) is 2. The number of benzene rings is 3. The van der Waals surface area contributed by atoms with E-state index in [9.17, 15) is 14.4 Å². The van der Waals surface area contributed by atoms with Gasteiger partial charge >= 0.3 is 5.97 Å². The summed E-state index contributed by atoms with van der Waals surface area (Å²) in [6, 6.07) is 22.5. The van der Waals surface area contributed by atoms with E-state index in [0.29, 0.717) is 21.8 Å². The Balaban J connectivity index is 1.52. The third-order valence-corrected chi connectivity index (χ3v) is 7.62. The summed E-state index contributed by atoms with van der Waals surface area (Å²) in [7, 11) is 1.45. The number of nitrogens with zero attached hydrogens (tertiary/aromatic N) is 2. The monoisotopic (exact) mass is 630 g/mol. The number of anilines is 1. The summed E-state index contributed by atoms with van der Waals surface area (Å²) in [5.74, 6) is -1.13. The molecule has 0 saturated carbocycles. The fraction of sp³-hybridized carbons (Fsp3) is 0.152. The molecule has 2 amide bonds. The van der Waals surface area contributed by atoms with E-state index in [4.69, 9.17) is 21.1 Å². The SMILES string of the molecule is CCN(CC)c1ccc(C=C(NC(=O)c2ccccc2Cl)C(=O)NN=Cc2ccc(OC(=O)c3cccs3)c(OC)c2)cc1. The van der Waals surface area contributed by atoms with E-state index in [2.05, 4.69) is 34.6 Å². The zero-order chi connectivity index (χ0) is 31.5. The van der Waals surface area contributed by atoms with Crippen molar-refractivity contribution in [1.82, 2.24) is 10.7 Å². The normalized spacial score (nSPS) is 11.2. The quantitative estimate of drug-likeness (QED) is 0.0617. The van der Waals surface area contributed by atoms with Crippen LogP contribution in [0, 0.1) is 0 Å². The topological polar surface area (TPSA) is 109 Å². The molecule has 0 fully saturated rings. The van der Waals surface area contributed by atoms with Gasteiger partial charge in [0.05, 0.1) is 23.9 Å². The molecule has 0 aliphatic carbocycles. The summed E-state index contributed by atoms with van der Waals surface area (Å²) in [6.07, 6.45) is 2.96.